The Morgan fingerprint density at radius 1 is 1.12 bits per heavy atom. The van der Waals surface area contributed by atoms with Gasteiger partial charge in [0.15, 0.2) is 0 Å². The first-order valence-electron chi connectivity index (χ1n) is 5.47. The molecule has 2 aromatic rings. The minimum absolute atomic E-state index is 0.153. The van der Waals surface area contributed by atoms with Gasteiger partial charge in [-0.15, -0.1) is 0 Å². The second-order valence-corrected chi connectivity index (χ2v) is 5.06. The summed E-state index contributed by atoms with van der Waals surface area (Å²) in [5, 5.41) is 9.30. The second kappa shape index (κ2) is 3.83. The number of rotatable bonds is 1. The minimum atomic E-state index is 0.153. The van der Waals surface area contributed by atoms with Gasteiger partial charge in [0.1, 0.15) is 0 Å². The van der Waals surface area contributed by atoms with Crippen molar-refractivity contribution in [1.82, 2.24) is 10.2 Å². The van der Waals surface area contributed by atoms with Crippen molar-refractivity contribution in [2.24, 2.45) is 5.73 Å². The number of nitrogens with zero attached hydrogens (tertiary/aromatic N) is 2. The van der Waals surface area contributed by atoms with Gasteiger partial charge in [0.2, 0.25) is 0 Å². The Morgan fingerprint density at radius 3 is 2.50 bits per heavy atom. The third kappa shape index (κ3) is 2.04. The van der Waals surface area contributed by atoms with E-state index < -0.39 is 0 Å². The Morgan fingerprint density at radius 2 is 1.88 bits per heavy atom. The first kappa shape index (κ1) is 11.0. The van der Waals surface area contributed by atoms with Gasteiger partial charge >= 0.3 is 0 Å². The zero-order chi connectivity index (χ0) is 11.8. The summed E-state index contributed by atoms with van der Waals surface area (Å²) in [7, 11) is 0. The first-order chi connectivity index (χ1) is 7.50. The van der Waals surface area contributed by atoms with Crippen molar-refractivity contribution in [2.45, 2.75) is 32.7 Å². The summed E-state index contributed by atoms with van der Waals surface area (Å²) in [6.45, 7) is 7.04. The molecule has 0 aliphatic carbocycles. The minimum Gasteiger partial charge on any atom is -0.325 e. The maximum absolute atomic E-state index is 5.56. The molecule has 0 saturated heterocycles. The number of aromatic nitrogens is 2. The number of hydrogen-bond donors (Lipinski definition) is 1. The highest BCUT2D eigenvalue weighted by molar-refractivity contribution is 5.79. The largest absolute Gasteiger partial charge is 0.325 e. The average molecular weight is 215 g/mol. The summed E-state index contributed by atoms with van der Waals surface area (Å²) in [6.07, 6.45) is 0. The molecule has 2 N–H and O–H groups in total. The van der Waals surface area contributed by atoms with Crippen molar-refractivity contribution < 1.29 is 0 Å². The van der Waals surface area contributed by atoms with E-state index in [0.29, 0.717) is 6.54 Å². The van der Waals surface area contributed by atoms with Gasteiger partial charge in [0.05, 0.1) is 11.2 Å². The Labute approximate surface area is 95.7 Å². The maximum Gasteiger partial charge on any atom is 0.0930 e. The van der Waals surface area contributed by atoms with Crippen molar-refractivity contribution in [3.8, 4) is 0 Å². The van der Waals surface area contributed by atoms with Gasteiger partial charge in [0.25, 0.3) is 0 Å². The van der Waals surface area contributed by atoms with Gasteiger partial charge < -0.3 is 5.73 Å². The molecule has 1 heterocycles. The van der Waals surface area contributed by atoms with Crippen LogP contribution in [0.25, 0.3) is 10.9 Å². The predicted octanol–water partition coefficient (Wildman–Crippen LogP) is 2.39. The van der Waals surface area contributed by atoms with Crippen molar-refractivity contribution in [3.63, 3.8) is 0 Å². The van der Waals surface area contributed by atoms with Gasteiger partial charge in [-0.3, -0.25) is 0 Å². The Hall–Kier alpha value is -1.48. The van der Waals surface area contributed by atoms with Crippen LogP contribution in [-0.2, 0) is 12.0 Å². The molecule has 0 spiro atoms. The van der Waals surface area contributed by atoms with Crippen LogP contribution in [0, 0.1) is 0 Å². The third-order valence-electron chi connectivity index (χ3n) is 2.71. The molecule has 1 aromatic carbocycles. The average Bonchev–Trinajstić information content (AvgIpc) is 2.26. The smallest absolute Gasteiger partial charge is 0.0930 e. The third-order valence-corrected chi connectivity index (χ3v) is 2.71. The molecule has 0 bridgehead atoms. The van der Waals surface area contributed by atoms with E-state index in [1.807, 2.05) is 12.1 Å². The highest BCUT2D eigenvalue weighted by Gasteiger charge is 2.13. The van der Waals surface area contributed by atoms with E-state index in [1.165, 1.54) is 5.56 Å². The maximum atomic E-state index is 5.56. The van der Waals surface area contributed by atoms with Crippen LogP contribution in [0.4, 0.5) is 0 Å². The van der Waals surface area contributed by atoms with Crippen LogP contribution in [0.15, 0.2) is 24.3 Å². The molecule has 0 amide bonds. The molecule has 0 unspecified atom stereocenters. The van der Waals surface area contributed by atoms with Crippen LogP contribution in [0.1, 0.15) is 32.0 Å². The summed E-state index contributed by atoms with van der Waals surface area (Å²) in [6, 6.07) is 8.31. The second-order valence-electron chi connectivity index (χ2n) is 5.06. The lowest BCUT2D eigenvalue weighted by molar-refractivity contribution is 0.591. The van der Waals surface area contributed by atoms with E-state index in [1.54, 1.807) is 0 Å². The first-order valence-corrected chi connectivity index (χ1v) is 5.47. The summed E-state index contributed by atoms with van der Waals surface area (Å²) in [5.74, 6) is 0. The predicted molar refractivity (Wildman–Crippen MR) is 66.1 cm³/mol. The SMILES string of the molecule is CC(C)(C)c1ccc2nnc(CN)cc2c1. The zero-order valence-corrected chi connectivity index (χ0v) is 9.99. The van der Waals surface area contributed by atoms with E-state index in [-0.39, 0.29) is 5.41 Å². The Bertz CT molecular complexity index is 512. The van der Waals surface area contributed by atoms with Crippen molar-refractivity contribution in [2.75, 3.05) is 0 Å². The monoisotopic (exact) mass is 215 g/mol. The number of nitrogens with two attached hydrogens (primary N) is 1. The number of hydrogen-bond acceptors (Lipinski definition) is 3. The topological polar surface area (TPSA) is 51.8 Å². The van der Waals surface area contributed by atoms with E-state index in [9.17, 15) is 0 Å². The molecule has 0 fully saturated rings. The van der Waals surface area contributed by atoms with Crippen LogP contribution in [0.5, 0.6) is 0 Å². The summed E-state index contributed by atoms with van der Waals surface area (Å²) >= 11 is 0. The molecule has 1 aromatic heterocycles. The highest BCUT2D eigenvalue weighted by Crippen LogP contribution is 2.25. The van der Waals surface area contributed by atoms with E-state index >= 15 is 0 Å². The van der Waals surface area contributed by atoms with Crippen LogP contribution >= 0.6 is 0 Å². The molecule has 0 radical (unpaired) electrons. The van der Waals surface area contributed by atoms with Crippen LogP contribution in [0.3, 0.4) is 0 Å². The van der Waals surface area contributed by atoms with Crippen LogP contribution in [-0.4, -0.2) is 10.2 Å². The lowest BCUT2D eigenvalue weighted by Crippen LogP contribution is -2.11. The lowest BCUT2D eigenvalue weighted by Gasteiger charge is -2.19. The Kier molecular flexibility index (Phi) is 2.64. The molecule has 0 aliphatic rings. The van der Waals surface area contributed by atoms with Crippen LogP contribution in [0.2, 0.25) is 0 Å². The fraction of sp³-hybridized carbons (Fsp3) is 0.385. The molecule has 2 rings (SSSR count). The molecule has 3 heteroatoms. The number of fused-ring (bicyclic) bond motifs is 1. The van der Waals surface area contributed by atoms with Gasteiger partial charge in [-0.05, 0) is 29.2 Å². The quantitative estimate of drug-likeness (QED) is 0.794. The molecular weight excluding hydrogens is 198 g/mol. The van der Waals surface area contributed by atoms with Gasteiger partial charge in [-0.2, -0.15) is 10.2 Å². The highest BCUT2D eigenvalue weighted by atomic mass is 15.1. The fourth-order valence-electron chi connectivity index (χ4n) is 1.65. The Balaban J connectivity index is 2.59. The van der Waals surface area contributed by atoms with Gasteiger partial charge in [-0.1, -0.05) is 26.8 Å². The summed E-state index contributed by atoms with van der Waals surface area (Å²) < 4.78 is 0. The van der Waals surface area contributed by atoms with E-state index in [4.69, 9.17) is 5.73 Å². The van der Waals surface area contributed by atoms with Crippen molar-refractivity contribution >= 4 is 10.9 Å². The summed E-state index contributed by atoms with van der Waals surface area (Å²) in [5.41, 5.74) is 8.77. The zero-order valence-electron chi connectivity index (χ0n) is 9.99. The molecule has 16 heavy (non-hydrogen) atoms. The summed E-state index contributed by atoms with van der Waals surface area (Å²) in [4.78, 5) is 0. The standard InChI is InChI=1S/C13H17N3/c1-13(2,3)10-4-5-12-9(6-10)7-11(8-14)15-16-12/h4-7H,8,14H2,1-3H3. The number of benzene rings is 1. The normalized spacial score (nSPS) is 12.0. The van der Waals surface area contributed by atoms with E-state index in [2.05, 4.69) is 43.1 Å². The molecule has 0 aliphatic heterocycles. The van der Waals surface area contributed by atoms with Crippen molar-refractivity contribution in [1.29, 1.82) is 0 Å². The van der Waals surface area contributed by atoms with Gasteiger partial charge in [0, 0.05) is 11.9 Å². The van der Waals surface area contributed by atoms with Crippen LogP contribution < -0.4 is 5.73 Å². The molecule has 3 nitrogen and oxygen atoms in total. The van der Waals surface area contributed by atoms with Gasteiger partial charge in [-0.25, -0.2) is 0 Å². The molecule has 84 valence electrons. The van der Waals surface area contributed by atoms with Crippen molar-refractivity contribution in [3.05, 3.63) is 35.5 Å². The molecule has 0 atom stereocenters. The molecule has 0 saturated carbocycles. The van der Waals surface area contributed by atoms with E-state index in [0.717, 1.165) is 16.6 Å². The fourth-order valence-corrected chi connectivity index (χ4v) is 1.65. The lowest BCUT2D eigenvalue weighted by atomic mass is 9.86. The molecular formula is C13H17N3.